The number of nitrogens with zero attached hydrogens (tertiary/aromatic N) is 1. The molecule has 2 aliphatic carbocycles. The number of benzene rings is 1. The number of rotatable bonds is 6. The van der Waals surface area contributed by atoms with Crippen molar-refractivity contribution in [2.24, 2.45) is 17.8 Å². The summed E-state index contributed by atoms with van der Waals surface area (Å²) in [6.45, 7) is 0.0802. The molecule has 3 atom stereocenters. The Balaban J connectivity index is 1.47. The van der Waals surface area contributed by atoms with E-state index >= 15 is 0 Å². The van der Waals surface area contributed by atoms with Crippen molar-refractivity contribution in [2.75, 3.05) is 26.0 Å². The predicted molar refractivity (Wildman–Crippen MR) is 92.8 cm³/mol. The topological polar surface area (TPSA) is 58.6 Å². The van der Waals surface area contributed by atoms with Gasteiger partial charge in [0.2, 0.25) is 11.8 Å². The van der Waals surface area contributed by atoms with Crippen LogP contribution in [0.15, 0.2) is 24.3 Å². The number of anilines is 1. The van der Waals surface area contributed by atoms with Gasteiger partial charge >= 0.3 is 0 Å². The van der Waals surface area contributed by atoms with Crippen molar-refractivity contribution >= 4 is 17.5 Å². The number of fused-ring (bicyclic) bond motifs is 2. The number of hydrogen-bond donors (Lipinski definition) is 1. The van der Waals surface area contributed by atoms with Crippen molar-refractivity contribution in [1.29, 1.82) is 0 Å². The Morgan fingerprint density at radius 1 is 1.29 bits per heavy atom. The summed E-state index contributed by atoms with van der Waals surface area (Å²) in [5.41, 5.74) is 0.674. The first kappa shape index (κ1) is 16.8. The third kappa shape index (κ3) is 3.89. The van der Waals surface area contributed by atoms with Gasteiger partial charge < -0.3 is 15.0 Å². The molecule has 0 aliphatic heterocycles. The summed E-state index contributed by atoms with van der Waals surface area (Å²) in [4.78, 5) is 26.1. The van der Waals surface area contributed by atoms with Crippen molar-refractivity contribution in [1.82, 2.24) is 4.90 Å². The molecule has 0 unspecified atom stereocenters. The van der Waals surface area contributed by atoms with Gasteiger partial charge in [-0.2, -0.15) is 0 Å². The minimum absolute atomic E-state index is 0.0772. The van der Waals surface area contributed by atoms with Crippen LogP contribution in [0.3, 0.4) is 0 Å². The highest BCUT2D eigenvalue weighted by molar-refractivity contribution is 5.94. The number of nitrogens with one attached hydrogen (secondary N) is 1. The first-order valence-corrected chi connectivity index (χ1v) is 8.73. The van der Waals surface area contributed by atoms with Gasteiger partial charge in [0.15, 0.2) is 0 Å². The summed E-state index contributed by atoms with van der Waals surface area (Å²) in [6, 6.07) is 7.20. The number of amides is 2. The molecule has 2 fully saturated rings. The molecule has 0 heterocycles. The van der Waals surface area contributed by atoms with Crippen LogP contribution in [0.1, 0.15) is 32.1 Å². The zero-order valence-corrected chi connectivity index (χ0v) is 14.5. The molecule has 2 bridgehead atoms. The lowest BCUT2D eigenvalue weighted by atomic mass is 9.86. The third-order valence-electron chi connectivity index (χ3n) is 5.48. The second-order valence-electron chi connectivity index (χ2n) is 7.17. The summed E-state index contributed by atoms with van der Waals surface area (Å²) < 4.78 is 5.14. The van der Waals surface area contributed by atoms with Gasteiger partial charge in [-0.15, -0.1) is 0 Å². The highest BCUT2D eigenvalue weighted by Gasteiger charge is 2.40. The highest BCUT2D eigenvalue weighted by Crippen LogP contribution is 2.49. The van der Waals surface area contributed by atoms with Crippen molar-refractivity contribution in [3.05, 3.63) is 24.3 Å². The van der Waals surface area contributed by atoms with E-state index in [1.165, 1.54) is 25.7 Å². The minimum atomic E-state index is -0.188. The smallest absolute Gasteiger partial charge is 0.243 e. The van der Waals surface area contributed by atoms with E-state index in [1.807, 2.05) is 12.1 Å². The molecule has 1 aromatic carbocycles. The normalized spacial score (nSPS) is 24.7. The molecule has 0 radical (unpaired) electrons. The summed E-state index contributed by atoms with van der Waals surface area (Å²) in [6.07, 6.45) is 5.71. The van der Waals surface area contributed by atoms with E-state index in [0.717, 1.165) is 11.8 Å². The van der Waals surface area contributed by atoms with E-state index in [1.54, 1.807) is 31.2 Å². The summed E-state index contributed by atoms with van der Waals surface area (Å²) in [7, 11) is 3.30. The molecule has 2 amide bonds. The van der Waals surface area contributed by atoms with Crippen LogP contribution in [0.2, 0.25) is 0 Å². The monoisotopic (exact) mass is 330 g/mol. The van der Waals surface area contributed by atoms with Gasteiger partial charge in [0.25, 0.3) is 0 Å². The number of likely N-dealkylation sites (N-methyl/N-ethyl adjacent to an activating group) is 1. The van der Waals surface area contributed by atoms with Crippen LogP contribution in [0.25, 0.3) is 0 Å². The molecule has 2 aliphatic rings. The van der Waals surface area contributed by atoms with Gasteiger partial charge in [-0.3, -0.25) is 9.59 Å². The molecule has 130 valence electrons. The Bertz CT molecular complexity index is 616. The fraction of sp³-hybridized carbons (Fsp3) is 0.579. The predicted octanol–water partition coefficient (Wildman–Crippen LogP) is 2.92. The molecule has 24 heavy (non-hydrogen) atoms. The molecule has 2 saturated carbocycles. The van der Waals surface area contributed by atoms with Gasteiger partial charge in [-0.05, 0) is 49.1 Å². The zero-order chi connectivity index (χ0) is 17.1. The average Bonchev–Trinajstić information content (AvgIpc) is 3.17. The van der Waals surface area contributed by atoms with Gasteiger partial charge in [0.1, 0.15) is 5.75 Å². The van der Waals surface area contributed by atoms with Crippen LogP contribution in [-0.2, 0) is 9.59 Å². The zero-order valence-electron chi connectivity index (χ0n) is 14.5. The molecule has 3 rings (SSSR count). The number of ether oxygens (including phenoxy) is 1. The lowest BCUT2D eigenvalue weighted by Crippen LogP contribution is -2.36. The lowest BCUT2D eigenvalue weighted by Gasteiger charge is -2.24. The maximum atomic E-state index is 12.4. The van der Waals surface area contributed by atoms with E-state index in [4.69, 9.17) is 4.74 Å². The second-order valence-corrected chi connectivity index (χ2v) is 7.17. The lowest BCUT2D eigenvalue weighted by molar-refractivity contribution is -0.134. The summed E-state index contributed by atoms with van der Waals surface area (Å²) in [5.74, 6) is 2.68. The molecule has 0 spiro atoms. The average molecular weight is 330 g/mol. The maximum absolute atomic E-state index is 12.4. The molecule has 0 aromatic heterocycles. The van der Waals surface area contributed by atoms with Crippen molar-refractivity contribution in [2.45, 2.75) is 32.1 Å². The van der Waals surface area contributed by atoms with Crippen molar-refractivity contribution < 1.29 is 14.3 Å². The molecular formula is C19H26N2O3. The van der Waals surface area contributed by atoms with Crippen LogP contribution in [0, 0.1) is 17.8 Å². The highest BCUT2D eigenvalue weighted by atomic mass is 16.5. The Labute approximate surface area is 143 Å². The van der Waals surface area contributed by atoms with E-state index in [-0.39, 0.29) is 18.4 Å². The second kappa shape index (κ2) is 7.24. The molecule has 1 N–H and O–H groups in total. The standard InChI is InChI=1S/C19H26N2O3/c1-21(19(23)10-15-9-13-6-7-14(15)8-13)12-18(22)20-16-4-3-5-17(11-16)24-2/h3-5,11,13-15H,6-10,12H2,1-2H3,(H,20,22)/t13-,14-,15+/m0/s1. The van der Waals surface area contributed by atoms with Crippen LogP contribution in [0.5, 0.6) is 5.75 Å². The van der Waals surface area contributed by atoms with Gasteiger partial charge in [-0.1, -0.05) is 12.5 Å². The van der Waals surface area contributed by atoms with Crippen LogP contribution in [0.4, 0.5) is 5.69 Å². The molecule has 5 heteroatoms. The van der Waals surface area contributed by atoms with E-state index < -0.39 is 0 Å². The Hall–Kier alpha value is -2.04. The number of methoxy groups -OCH3 is 1. The van der Waals surface area contributed by atoms with Crippen molar-refractivity contribution in [3.63, 3.8) is 0 Å². The van der Waals surface area contributed by atoms with Gasteiger partial charge in [0.05, 0.1) is 13.7 Å². The molecule has 5 nitrogen and oxygen atoms in total. The van der Waals surface area contributed by atoms with Gasteiger partial charge in [-0.25, -0.2) is 0 Å². The Morgan fingerprint density at radius 3 is 2.79 bits per heavy atom. The SMILES string of the molecule is COc1cccc(NC(=O)CN(C)C(=O)C[C@H]2C[C@H]3CC[C@H]2C3)c1. The third-order valence-corrected chi connectivity index (χ3v) is 5.48. The quantitative estimate of drug-likeness (QED) is 0.872. The van der Waals surface area contributed by atoms with Gasteiger partial charge in [0, 0.05) is 25.2 Å². The Kier molecular flexibility index (Phi) is 5.07. The fourth-order valence-corrected chi connectivity index (χ4v) is 4.21. The molecular weight excluding hydrogens is 304 g/mol. The Morgan fingerprint density at radius 2 is 2.12 bits per heavy atom. The van der Waals surface area contributed by atoms with Crippen LogP contribution >= 0.6 is 0 Å². The van der Waals surface area contributed by atoms with Crippen LogP contribution in [-0.4, -0.2) is 37.4 Å². The summed E-state index contributed by atoms with van der Waals surface area (Å²) in [5, 5.41) is 2.81. The first-order valence-electron chi connectivity index (χ1n) is 8.73. The molecule has 1 aromatic rings. The number of carbonyl (C=O) groups is 2. The number of carbonyl (C=O) groups excluding carboxylic acids is 2. The van der Waals surface area contributed by atoms with E-state index in [2.05, 4.69) is 5.32 Å². The van der Waals surface area contributed by atoms with Crippen LogP contribution < -0.4 is 10.1 Å². The maximum Gasteiger partial charge on any atom is 0.243 e. The molecule has 0 saturated heterocycles. The fourth-order valence-electron chi connectivity index (χ4n) is 4.21. The minimum Gasteiger partial charge on any atom is -0.497 e. The largest absolute Gasteiger partial charge is 0.497 e. The van der Waals surface area contributed by atoms with E-state index in [0.29, 0.717) is 23.8 Å². The summed E-state index contributed by atoms with van der Waals surface area (Å²) >= 11 is 0. The first-order chi connectivity index (χ1) is 11.5. The van der Waals surface area contributed by atoms with Crippen molar-refractivity contribution in [3.8, 4) is 5.75 Å². The van der Waals surface area contributed by atoms with E-state index in [9.17, 15) is 9.59 Å². The number of hydrogen-bond acceptors (Lipinski definition) is 3.